The second kappa shape index (κ2) is 5.75. The number of Topliss-reactive ketones (excluding diaryl/α,β-unsaturated/α-hetero) is 1. The van der Waals surface area contributed by atoms with Crippen molar-refractivity contribution in [1.29, 1.82) is 0 Å². The van der Waals surface area contributed by atoms with Crippen molar-refractivity contribution in [2.24, 2.45) is 0 Å². The van der Waals surface area contributed by atoms with Gasteiger partial charge in [-0.25, -0.2) is 0 Å². The first-order valence-electron chi connectivity index (χ1n) is 6.34. The van der Waals surface area contributed by atoms with Gasteiger partial charge in [0.05, 0.1) is 6.20 Å². The summed E-state index contributed by atoms with van der Waals surface area (Å²) < 4.78 is 0. The standard InChI is InChI=1S/C12H18N4O2/c1-9(17)7-10-5-3-2-4-6-16(10)12(18)11-8-13-15-14-11/h8,10H,2-7H2,1H3,(H,13,14,15). The number of ketones is 1. The van der Waals surface area contributed by atoms with Crippen LogP contribution in [0.15, 0.2) is 6.20 Å². The zero-order valence-electron chi connectivity index (χ0n) is 10.6. The first-order chi connectivity index (χ1) is 8.68. The SMILES string of the molecule is CC(=O)CC1CCCCCN1C(=O)c1cn[nH]n1. The second-order valence-corrected chi connectivity index (χ2v) is 4.76. The van der Waals surface area contributed by atoms with Crippen LogP contribution in [0.3, 0.4) is 0 Å². The maximum absolute atomic E-state index is 12.3. The zero-order valence-corrected chi connectivity index (χ0v) is 10.6. The summed E-state index contributed by atoms with van der Waals surface area (Å²) >= 11 is 0. The molecule has 6 nitrogen and oxygen atoms in total. The number of hydrogen-bond acceptors (Lipinski definition) is 4. The molecule has 0 aromatic carbocycles. The molecule has 1 aromatic rings. The van der Waals surface area contributed by atoms with Gasteiger partial charge in [0.15, 0.2) is 5.69 Å². The van der Waals surface area contributed by atoms with Crippen molar-refractivity contribution in [3.63, 3.8) is 0 Å². The summed E-state index contributed by atoms with van der Waals surface area (Å²) in [6.45, 7) is 2.27. The van der Waals surface area contributed by atoms with Gasteiger partial charge in [-0.15, -0.1) is 0 Å². The van der Waals surface area contributed by atoms with Crippen LogP contribution >= 0.6 is 0 Å². The molecule has 0 radical (unpaired) electrons. The van der Waals surface area contributed by atoms with Gasteiger partial charge >= 0.3 is 0 Å². The summed E-state index contributed by atoms with van der Waals surface area (Å²) in [5.74, 6) is -0.00301. The molecular weight excluding hydrogens is 232 g/mol. The van der Waals surface area contributed by atoms with Crippen LogP contribution < -0.4 is 0 Å². The third-order valence-electron chi connectivity index (χ3n) is 3.30. The summed E-state index contributed by atoms with van der Waals surface area (Å²) in [4.78, 5) is 25.4. The Kier molecular flexibility index (Phi) is 4.07. The number of rotatable bonds is 3. The monoisotopic (exact) mass is 250 g/mol. The largest absolute Gasteiger partial charge is 0.334 e. The number of amides is 1. The smallest absolute Gasteiger partial charge is 0.276 e. The van der Waals surface area contributed by atoms with Crippen molar-refractivity contribution in [2.45, 2.75) is 45.1 Å². The predicted molar refractivity (Wildman–Crippen MR) is 65.0 cm³/mol. The number of aromatic amines is 1. The van der Waals surface area contributed by atoms with E-state index in [0.717, 1.165) is 25.7 Å². The van der Waals surface area contributed by atoms with E-state index in [4.69, 9.17) is 0 Å². The Labute approximate surface area is 106 Å². The van der Waals surface area contributed by atoms with E-state index in [2.05, 4.69) is 15.4 Å². The summed E-state index contributed by atoms with van der Waals surface area (Å²) in [5, 5.41) is 9.93. The number of nitrogens with one attached hydrogen (secondary N) is 1. The minimum absolute atomic E-state index is 0.00852. The number of nitrogens with zero attached hydrogens (tertiary/aromatic N) is 3. The maximum atomic E-state index is 12.3. The first kappa shape index (κ1) is 12.7. The fraction of sp³-hybridized carbons (Fsp3) is 0.667. The van der Waals surface area contributed by atoms with Crippen molar-refractivity contribution in [1.82, 2.24) is 20.3 Å². The van der Waals surface area contributed by atoms with Crippen LogP contribution in [0.2, 0.25) is 0 Å². The molecular formula is C12H18N4O2. The van der Waals surface area contributed by atoms with Crippen molar-refractivity contribution >= 4 is 11.7 Å². The van der Waals surface area contributed by atoms with Gasteiger partial charge in [0.1, 0.15) is 5.78 Å². The van der Waals surface area contributed by atoms with Crippen LogP contribution in [-0.2, 0) is 4.79 Å². The highest BCUT2D eigenvalue weighted by atomic mass is 16.2. The van der Waals surface area contributed by atoms with Gasteiger partial charge in [-0.3, -0.25) is 9.59 Å². The van der Waals surface area contributed by atoms with E-state index in [1.54, 1.807) is 11.8 Å². The van der Waals surface area contributed by atoms with Gasteiger partial charge in [0, 0.05) is 19.0 Å². The molecule has 1 aliphatic rings. The summed E-state index contributed by atoms with van der Waals surface area (Å²) in [6, 6.07) is 0.00852. The van der Waals surface area contributed by atoms with Gasteiger partial charge in [-0.1, -0.05) is 12.8 Å². The molecule has 1 unspecified atom stereocenters. The lowest BCUT2D eigenvalue weighted by Gasteiger charge is -2.28. The number of aromatic nitrogens is 3. The molecule has 1 amide bonds. The number of carbonyl (C=O) groups excluding carboxylic acids is 2. The molecule has 98 valence electrons. The fourth-order valence-corrected chi connectivity index (χ4v) is 2.44. The number of H-pyrrole nitrogens is 1. The number of likely N-dealkylation sites (tertiary alicyclic amines) is 1. The van der Waals surface area contributed by atoms with Gasteiger partial charge < -0.3 is 4.90 Å². The molecule has 1 atom stereocenters. The quantitative estimate of drug-likeness (QED) is 0.873. The van der Waals surface area contributed by atoms with Crippen LogP contribution in [0.25, 0.3) is 0 Å². The van der Waals surface area contributed by atoms with E-state index in [-0.39, 0.29) is 17.7 Å². The van der Waals surface area contributed by atoms with Gasteiger partial charge in [-0.05, 0) is 19.8 Å². The molecule has 2 rings (SSSR count). The first-order valence-corrected chi connectivity index (χ1v) is 6.34. The van der Waals surface area contributed by atoms with E-state index in [1.807, 2.05) is 0 Å². The average Bonchev–Trinajstić information content (AvgIpc) is 2.76. The molecule has 18 heavy (non-hydrogen) atoms. The highest BCUT2D eigenvalue weighted by Gasteiger charge is 2.28. The molecule has 0 bridgehead atoms. The van der Waals surface area contributed by atoms with Crippen LogP contribution in [0.5, 0.6) is 0 Å². The summed E-state index contributed by atoms with van der Waals surface area (Å²) in [5.41, 5.74) is 0.324. The lowest BCUT2D eigenvalue weighted by atomic mass is 10.0. The van der Waals surface area contributed by atoms with Crippen LogP contribution in [0, 0.1) is 0 Å². The highest BCUT2D eigenvalue weighted by molar-refractivity contribution is 5.92. The van der Waals surface area contributed by atoms with Gasteiger partial charge in [-0.2, -0.15) is 15.4 Å². The topological polar surface area (TPSA) is 79.0 Å². The maximum Gasteiger partial charge on any atom is 0.276 e. The molecule has 2 heterocycles. The fourth-order valence-electron chi connectivity index (χ4n) is 2.44. The number of carbonyl (C=O) groups is 2. The molecule has 1 aromatic heterocycles. The molecule has 1 aliphatic heterocycles. The molecule has 0 aliphatic carbocycles. The van der Waals surface area contributed by atoms with Gasteiger partial charge in [0.2, 0.25) is 0 Å². The van der Waals surface area contributed by atoms with Crippen LogP contribution in [0.1, 0.15) is 49.5 Å². The second-order valence-electron chi connectivity index (χ2n) is 4.76. The van der Waals surface area contributed by atoms with E-state index in [9.17, 15) is 9.59 Å². The summed E-state index contributed by atoms with van der Waals surface area (Å²) in [6.07, 6.45) is 5.92. The minimum atomic E-state index is -0.128. The molecule has 1 N–H and O–H groups in total. The Morgan fingerprint density at radius 3 is 2.94 bits per heavy atom. The van der Waals surface area contributed by atoms with Crippen molar-refractivity contribution in [2.75, 3.05) is 6.54 Å². The summed E-state index contributed by atoms with van der Waals surface area (Å²) in [7, 11) is 0. The van der Waals surface area contributed by atoms with E-state index >= 15 is 0 Å². The average molecular weight is 250 g/mol. The zero-order chi connectivity index (χ0) is 13.0. The van der Waals surface area contributed by atoms with Crippen molar-refractivity contribution < 1.29 is 9.59 Å². The molecule has 1 fully saturated rings. The third kappa shape index (κ3) is 2.94. The minimum Gasteiger partial charge on any atom is -0.334 e. The molecule has 1 saturated heterocycles. The molecule has 0 spiro atoms. The van der Waals surface area contributed by atoms with Crippen LogP contribution in [-0.4, -0.2) is 44.6 Å². The number of hydrogen-bond donors (Lipinski definition) is 1. The molecule has 0 saturated carbocycles. The Morgan fingerprint density at radius 1 is 1.44 bits per heavy atom. The van der Waals surface area contributed by atoms with Crippen molar-refractivity contribution in [3.8, 4) is 0 Å². The normalized spacial score (nSPS) is 20.5. The Morgan fingerprint density at radius 2 is 2.28 bits per heavy atom. The van der Waals surface area contributed by atoms with Crippen molar-refractivity contribution in [3.05, 3.63) is 11.9 Å². The van der Waals surface area contributed by atoms with Crippen LogP contribution in [0.4, 0.5) is 0 Å². The lowest BCUT2D eigenvalue weighted by molar-refractivity contribution is -0.118. The Balaban J connectivity index is 2.14. The highest BCUT2D eigenvalue weighted by Crippen LogP contribution is 2.21. The van der Waals surface area contributed by atoms with Gasteiger partial charge in [0.25, 0.3) is 5.91 Å². The molecule has 6 heteroatoms. The van der Waals surface area contributed by atoms with E-state index < -0.39 is 0 Å². The lowest BCUT2D eigenvalue weighted by Crippen LogP contribution is -2.41. The Bertz CT molecular complexity index is 416. The van der Waals surface area contributed by atoms with E-state index in [0.29, 0.717) is 18.7 Å². The Hall–Kier alpha value is -1.72. The predicted octanol–water partition coefficient (Wildman–Crippen LogP) is 1.17. The third-order valence-corrected chi connectivity index (χ3v) is 3.30. The van der Waals surface area contributed by atoms with E-state index in [1.165, 1.54) is 6.20 Å².